The third-order valence-electron chi connectivity index (χ3n) is 2.52. The fourth-order valence-electron chi connectivity index (χ4n) is 1.73. The Hall–Kier alpha value is -1.90. The number of aryl methyl sites for hydroxylation is 1. The summed E-state index contributed by atoms with van der Waals surface area (Å²) in [5.74, 6) is 0. The summed E-state index contributed by atoms with van der Waals surface area (Å²) in [6.45, 7) is 5.93. The van der Waals surface area contributed by atoms with Crippen LogP contribution >= 0.6 is 0 Å². The van der Waals surface area contributed by atoms with Crippen LogP contribution in [0.2, 0.25) is 0 Å². The van der Waals surface area contributed by atoms with Gasteiger partial charge in [-0.3, -0.25) is 10.1 Å². The molecular weight excluding hydrogens is 214 g/mol. The van der Waals surface area contributed by atoms with Gasteiger partial charge in [0, 0.05) is 11.6 Å². The number of nitro groups is 1. The van der Waals surface area contributed by atoms with Crippen LogP contribution in [0.5, 0.6) is 0 Å². The molecule has 90 valence electrons. The number of rotatable bonds is 2. The van der Waals surface area contributed by atoms with Gasteiger partial charge in [0.15, 0.2) is 0 Å². The average Bonchev–Trinajstić information content (AvgIpc) is 2.39. The molecule has 2 aromatic rings. The highest BCUT2D eigenvalue weighted by Crippen LogP contribution is 2.25. The first-order valence-corrected chi connectivity index (χ1v) is 5.88. The van der Waals surface area contributed by atoms with E-state index in [1.807, 2.05) is 51.1 Å². The van der Waals surface area contributed by atoms with Gasteiger partial charge in [0.25, 0.3) is 5.69 Å². The molecule has 0 atom stereocenters. The summed E-state index contributed by atoms with van der Waals surface area (Å²) in [5, 5.41) is 12.8. The lowest BCUT2D eigenvalue weighted by Gasteiger charge is -2.02. The van der Waals surface area contributed by atoms with Crippen LogP contribution in [0.25, 0.3) is 10.8 Å². The highest BCUT2D eigenvalue weighted by atomic mass is 16.6. The van der Waals surface area contributed by atoms with Gasteiger partial charge in [-0.2, -0.15) is 0 Å². The highest BCUT2D eigenvalue weighted by molar-refractivity contribution is 5.85. The molecule has 0 unspecified atom stereocenters. The van der Waals surface area contributed by atoms with E-state index in [1.165, 1.54) is 0 Å². The van der Waals surface area contributed by atoms with Crippen LogP contribution in [0.1, 0.15) is 26.3 Å². The van der Waals surface area contributed by atoms with Gasteiger partial charge in [-0.05, 0) is 23.3 Å². The second-order valence-corrected chi connectivity index (χ2v) is 3.44. The number of hydrogen-bond acceptors (Lipinski definition) is 2. The third kappa shape index (κ3) is 2.81. The van der Waals surface area contributed by atoms with Crippen molar-refractivity contribution in [2.45, 2.75) is 27.2 Å². The van der Waals surface area contributed by atoms with Gasteiger partial charge in [0.05, 0.1) is 4.92 Å². The van der Waals surface area contributed by atoms with Crippen molar-refractivity contribution in [1.29, 1.82) is 0 Å². The third-order valence-corrected chi connectivity index (χ3v) is 2.52. The lowest BCUT2D eigenvalue weighted by molar-refractivity contribution is -0.385. The molecule has 0 N–H and O–H groups in total. The Labute approximate surface area is 101 Å². The van der Waals surface area contributed by atoms with Crippen molar-refractivity contribution in [3.63, 3.8) is 0 Å². The van der Waals surface area contributed by atoms with Crippen molar-refractivity contribution in [1.82, 2.24) is 0 Å². The van der Waals surface area contributed by atoms with Crippen LogP contribution in [0.4, 0.5) is 5.69 Å². The smallest absolute Gasteiger partial charge is 0.258 e. The van der Waals surface area contributed by atoms with E-state index in [9.17, 15) is 10.1 Å². The molecule has 0 bridgehead atoms. The summed E-state index contributed by atoms with van der Waals surface area (Å²) in [7, 11) is 0. The maximum atomic E-state index is 10.8. The molecule has 0 aliphatic heterocycles. The molecule has 0 radical (unpaired) electrons. The highest BCUT2D eigenvalue weighted by Gasteiger charge is 2.12. The Morgan fingerprint density at radius 3 is 2.12 bits per heavy atom. The quantitative estimate of drug-likeness (QED) is 0.570. The summed E-state index contributed by atoms with van der Waals surface area (Å²) in [4.78, 5) is 10.5. The molecule has 2 rings (SSSR count). The van der Waals surface area contributed by atoms with Crippen LogP contribution in [-0.4, -0.2) is 4.92 Å². The molecule has 0 aliphatic carbocycles. The summed E-state index contributed by atoms with van der Waals surface area (Å²) >= 11 is 0. The van der Waals surface area contributed by atoms with E-state index in [1.54, 1.807) is 6.07 Å². The van der Waals surface area contributed by atoms with E-state index in [0.717, 1.165) is 16.3 Å². The Kier molecular flexibility index (Phi) is 4.64. The van der Waals surface area contributed by atoms with Gasteiger partial charge in [-0.25, -0.2) is 0 Å². The van der Waals surface area contributed by atoms with Crippen molar-refractivity contribution >= 4 is 16.5 Å². The van der Waals surface area contributed by atoms with Gasteiger partial charge < -0.3 is 0 Å². The van der Waals surface area contributed by atoms with E-state index >= 15 is 0 Å². The molecule has 17 heavy (non-hydrogen) atoms. The van der Waals surface area contributed by atoms with E-state index in [2.05, 4.69) is 0 Å². The second-order valence-electron chi connectivity index (χ2n) is 3.44. The van der Waals surface area contributed by atoms with Crippen LogP contribution in [0.15, 0.2) is 36.4 Å². The number of fused-ring (bicyclic) bond motifs is 1. The molecule has 0 spiro atoms. The van der Waals surface area contributed by atoms with Crippen LogP contribution in [0.3, 0.4) is 0 Å². The van der Waals surface area contributed by atoms with Crippen LogP contribution in [0, 0.1) is 10.1 Å². The van der Waals surface area contributed by atoms with Crippen LogP contribution < -0.4 is 0 Å². The molecule has 0 saturated heterocycles. The normalized spacial score (nSPS) is 9.59. The molecule has 0 aromatic heterocycles. The van der Waals surface area contributed by atoms with E-state index in [-0.39, 0.29) is 10.6 Å². The Bertz CT molecular complexity index is 521. The Morgan fingerprint density at radius 2 is 1.65 bits per heavy atom. The zero-order valence-electron chi connectivity index (χ0n) is 10.4. The van der Waals surface area contributed by atoms with Crippen molar-refractivity contribution < 1.29 is 4.92 Å². The first-order valence-electron chi connectivity index (χ1n) is 5.88. The van der Waals surface area contributed by atoms with Crippen molar-refractivity contribution in [2.75, 3.05) is 0 Å². The molecule has 3 nitrogen and oxygen atoms in total. The second kappa shape index (κ2) is 5.99. The fourth-order valence-corrected chi connectivity index (χ4v) is 1.73. The minimum Gasteiger partial charge on any atom is -0.258 e. The van der Waals surface area contributed by atoms with E-state index < -0.39 is 0 Å². The van der Waals surface area contributed by atoms with Crippen LogP contribution in [-0.2, 0) is 6.42 Å². The Morgan fingerprint density at radius 1 is 1.12 bits per heavy atom. The van der Waals surface area contributed by atoms with Gasteiger partial charge in [0.2, 0.25) is 0 Å². The summed E-state index contributed by atoms with van der Waals surface area (Å²) < 4.78 is 0. The molecule has 0 saturated carbocycles. The topological polar surface area (TPSA) is 43.1 Å². The minimum atomic E-state index is -0.314. The van der Waals surface area contributed by atoms with Crippen molar-refractivity contribution in [2.24, 2.45) is 0 Å². The summed E-state index contributed by atoms with van der Waals surface area (Å²) in [6.07, 6.45) is 0.682. The number of benzene rings is 2. The number of hydrogen-bond donors (Lipinski definition) is 0. The average molecular weight is 231 g/mol. The van der Waals surface area contributed by atoms with Gasteiger partial charge in [0.1, 0.15) is 0 Å². The molecule has 3 heteroatoms. The largest absolute Gasteiger partial charge is 0.273 e. The maximum Gasteiger partial charge on any atom is 0.273 e. The van der Waals surface area contributed by atoms with E-state index in [4.69, 9.17) is 0 Å². The molecule has 2 aromatic carbocycles. The number of nitrogens with zero attached hydrogens (tertiary/aromatic N) is 1. The predicted molar refractivity (Wildman–Crippen MR) is 71.3 cm³/mol. The SMILES string of the molecule is CC.CCc1cc2ccccc2cc1[N+](=O)[O-]. The first kappa shape index (κ1) is 13.2. The van der Waals surface area contributed by atoms with Gasteiger partial charge in [-0.15, -0.1) is 0 Å². The monoisotopic (exact) mass is 231 g/mol. The molecule has 0 heterocycles. The van der Waals surface area contributed by atoms with Crippen molar-refractivity contribution in [3.8, 4) is 0 Å². The number of nitro benzene ring substituents is 1. The molecular formula is C14H17NO2. The lowest BCUT2D eigenvalue weighted by atomic mass is 10.0. The molecule has 0 amide bonds. The fraction of sp³-hybridized carbons (Fsp3) is 0.286. The molecule has 0 aliphatic rings. The summed E-state index contributed by atoms with van der Waals surface area (Å²) in [6, 6.07) is 11.2. The zero-order valence-corrected chi connectivity index (χ0v) is 10.4. The van der Waals surface area contributed by atoms with E-state index in [0.29, 0.717) is 6.42 Å². The van der Waals surface area contributed by atoms with Gasteiger partial charge in [-0.1, -0.05) is 45.0 Å². The predicted octanol–water partition coefficient (Wildman–Crippen LogP) is 4.34. The lowest BCUT2D eigenvalue weighted by Crippen LogP contribution is -1.94. The Balaban J connectivity index is 0.000000686. The standard InChI is InChI=1S/C12H11NO2.C2H6/c1-2-9-7-10-5-3-4-6-11(10)8-12(9)13(14)15;1-2/h3-8H,2H2,1H3;1-2H3. The van der Waals surface area contributed by atoms with Gasteiger partial charge >= 0.3 is 0 Å². The maximum absolute atomic E-state index is 10.8. The summed E-state index contributed by atoms with van der Waals surface area (Å²) in [5.41, 5.74) is 1.01. The zero-order chi connectivity index (χ0) is 12.8. The molecule has 0 fully saturated rings. The van der Waals surface area contributed by atoms with Crippen molar-refractivity contribution in [3.05, 3.63) is 52.1 Å². The first-order chi connectivity index (χ1) is 8.22. The minimum absolute atomic E-state index is 0.219.